The number of carbonyl (C=O) groups excluding carboxylic acids is 2. The van der Waals surface area contributed by atoms with Crippen LogP contribution in [-0.4, -0.2) is 22.0 Å². The van der Waals surface area contributed by atoms with E-state index < -0.39 is 17.4 Å². The zero-order valence-corrected chi connectivity index (χ0v) is 13.6. The van der Waals surface area contributed by atoms with E-state index in [1.807, 2.05) is 31.2 Å². The maximum Gasteiger partial charge on any atom is 0.249 e. The molecule has 0 saturated heterocycles. The molecule has 7 nitrogen and oxygen atoms in total. The molecule has 0 unspecified atom stereocenters. The molecule has 7 heteroatoms. The molecule has 0 aliphatic carbocycles. The normalized spacial score (nSPS) is 12.7. The van der Waals surface area contributed by atoms with Gasteiger partial charge in [0.15, 0.2) is 6.04 Å². The van der Waals surface area contributed by atoms with E-state index in [1.54, 1.807) is 20.8 Å². The third-order valence-electron chi connectivity index (χ3n) is 3.23. The van der Waals surface area contributed by atoms with Crippen LogP contribution in [0.15, 0.2) is 28.7 Å². The molecule has 0 fully saturated rings. The third kappa shape index (κ3) is 3.94. The Kier molecular flexibility index (Phi) is 4.49. The van der Waals surface area contributed by atoms with Crippen molar-refractivity contribution in [1.82, 2.24) is 15.5 Å². The summed E-state index contributed by atoms with van der Waals surface area (Å²) >= 11 is 0. The minimum atomic E-state index is -1.16. The number of carbonyl (C=O) groups is 2. The largest absolute Gasteiger partial charge is 0.418 e. The maximum atomic E-state index is 12.1. The Bertz CT molecular complexity index is 714. The maximum absolute atomic E-state index is 12.1. The number of aromatic nitrogens is 2. The third-order valence-corrected chi connectivity index (χ3v) is 3.23. The van der Waals surface area contributed by atoms with Crippen LogP contribution in [-0.2, 0) is 9.59 Å². The molecule has 3 N–H and O–H groups in total. The minimum Gasteiger partial charge on any atom is -0.418 e. The second kappa shape index (κ2) is 6.20. The van der Waals surface area contributed by atoms with Crippen molar-refractivity contribution in [2.24, 2.45) is 11.1 Å². The first-order valence-electron chi connectivity index (χ1n) is 7.19. The summed E-state index contributed by atoms with van der Waals surface area (Å²) in [5.74, 6) is -0.875. The molecule has 0 saturated carbocycles. The molecule has 23 heavy (non-hydrogen) atoms. The molecular weight excluding hydrogens is 296 g/mol. The molecule has 2 rings (SSSR count). The van der Waals surface area contributed by atoms with Crippen LogP contribution in [0.2, 0.25) is 0 Å². The van der Waals surface area contributed by atoms with Crippen LogP contribution < -0.4 is 11.1 Å². The lowest BCUT2D eigenvalue weighted by atomic mass is 9.95. The number of rotatable bonds is 4. The van der Waals surface area contributed by atoms with E-state index in [2.05, 4.69) is 15.5 Å². The molecule has 0 bridgehead atoms. The Morgan fingerprint density at radius 3 is 2.30 bits per heavy atom. The van der Waals surface area contributed by atoms with Gasteiger partial charge in [0, 0.05) is 11.0 Å². The SMILES string of the molecule is Cc1ccc(-c2nnc([C@H](NC(=O)C(C)(C)C)C(N)=O)o2)cc1. The van der Waals surface area contributed by atoms with E-state index in [-0.39, 0.29) is 17.7 Å². The fraction of sp³-hybridized carbons (Fsp3) is 0.375. The lowest BCUT2D eigenvalue weighted by Crippen LogP contribution is -2.42. The molecular formula is C16H20N4O3. The lowest BCUT2D eigenvalue weighted by Gasteiger charge is -2.20. The van der Waals surface area contributed by atoms with Gasteiger partial charge in [0.2, 0.25) is 23.6 Å². The first-order chi connectivity index (χ1) is 10.7. The van der Waals surface area contributed by atoms with Gasteiger partial charge in [0.25, 0.3) is 0 Å². The smallest absolute Gasteiger partial charge is 0.249 e. The Hall–Kier alpha value is -2.70. The summed E-state index contributed by atoms with van der Waals surface area (Å²) in [4.78, 5) is 23.7. The number of primary amides is 1. The van der Waals surface area contributed by atoms with Crippen molar-refractivity contribution in [1.29, 1.82) is 0 Å². The van der Waals surface area contributed by atoms with Crippen molar-refractivity contribution >= 4 is 11.8 Å². The van der Waals surface area contributed by atoms with Gasteiger partial charge >= 0.3 is 0 Å². The van der Waals surface area contributed by atoms with Gasteiger partial charge in [-0.05, 0) is 19.1 Å². The highest BCUT2D eigenvalue weighted by Crippen LogP contribution is 2.22. The summed E-state index contributed by atoms with van der Waals surface area (Å²) in [5.41, 5.74) is 6.49. The predicted molar refractivity (Wildman–Crippen MR) is 84.0 cm³/mol. The van der Waals surface area contributed by atoms with Gasteiger partial charge in [0.05, 0.1) is 0 Å². The summed E-state index contributed by atoms with van der Waals surface area (Å²) in [6.07, 6.45) is 0. The molecule has 0 spiro atoms. The van der Waals surface area contributed by atoms with E-state index in [4.69, 9.17) is 10.2 Å². The molecule has 0 aliphatic rings. The fourth-order valence-electron chi connectivity index (χ4n) is 1.77. The number of benzene rings is 1. The van der Waals surface area contributed by atoms with Crippen LogP contribution in [0.3, 0.4) is 0 Å². The van der Waals surface area contributed by atoms with Crippen LogP contribution in [0.25, 0.3) is 11.5 Å². The summed E-state index contributed by atoms with van der Waals surface area (Å²) in [5, 5.41) is 10.3. The van der Waals surface area contributed by atoms with Gasteiger partial charge < -0.3 is 15.5 Å². The molecule has 122 valence electrons. The van der Waals surface area contributed by atoms with E-state index in [0.29, 0.717) is 0 Å². The first kappa shape index (κ1) is 16.7. The van der Waals surface area contributed by atoms with Crippen LogP contribution in [0.5, 0.6) is 0 Å². The van der Waals surface area contributed by atoms with Crippen molar-refractivity contribution in [3.8, 4) is 11.5 Å². The van der Waals surface area contributed by atoms with Gasteiger partial charge in [-0.25, -0.2) is 0 Å². The summed E-state index contributed by atoms with van der Waals surface area (Å²) < 4.78 is 5.51. The molecule has 0 aliphatic heterocycles. The van der Waals surface area contributed by atoms with E-state index in [0.717, 1.165) is 11.1 Å². The average molecular weight is 316 g/mol. The molecule has 2 aromatic rings. The van der Waals surface area contributed by atoms with Crippen molar-refractivity contribution in [2.45, 2.75) is 33.7 Å². The summed E-state index contributed by atoms with van der Waals surface area (Å²) in [6.45, 7) is 7.15. The van der Waals surface area contributed by atoms with E-state index >= 15 is 0 Å². The molecule has 1 heterocycles. The monoisotopic (exact) mass is 316 g/mol. The highest BCUT2D eigenvalue weighted by atomic mass is 16.4. The van der Waals surface area contributed by atoms with Gasteiger partial charge in [-0.15, -0.1) is 10.2 Å². The highest BCUT2D eigenvalue weighted by molar-refractivity contribution is 5.89. The van der Waals surface area contributed by atoms with Crippen molar-refractivity contribution in [3.63, 3.8) is 0 Å². The van der Waals surface area contributed by atoms with Crippen LogP contribution in [0, 0.1) is 12.3 Å². The lowest BCUT2D eigenvalue weighted by molar-refractivity contribution is -0.133. The molecule has 1 atom stereocenters. The second-order valence-corrected chi connectivity index (χ2v) is 6.37. The van der Waals surface area contributed by atoms with Gasteiger partial charge in [0.1, 0.15) is 0 Å². The Balaban J connectivity index is 2.26. The standard InChI is InChI=1S/C16H20N4O3/c1-9-5-7-10(8-6-9)13-19-20-14(23-13)11(12(17)21)18-15(22)16(2,3)4/h5-8,11H,1-4H3,(H2,17,21)(H,18,22)/t11-/m1/s1. The van der Waals surface area contributed by atoms with E-state index in [9.17, 15) is 9.59 Å². The Morgan fingerprint density at radius 2 is 1.78 bits per heavy atom. The molecule has 2 amide bonds. The van der Waals surface area contributed by atoms with Crippen molar-refractivity contribution in [2.75, 3.05) is 0 Å². The predicted octanol–water partition coefficient (Wildman–Crippen LogP) is 1.73. The number of hydrogen-bond acceptors (Lipinski definition) is 5. The number of nitrogens with two attached hydrogens (primary N) is 1. The zero-order chi connectivity index (χ0) is 17.2. The topological polar surface area (TPSA) is 111 Å². The van der Waals surface area contributed by atoms with Crippen molar-refractivity contribution in [3.05, 3.63) is 35.7 Å². The molecule has 1 aromatic heterocycles. The number of aryl methyl sites for hydroxylation is 1. The van der Waals surface area contributed by atoms with Crippen molar-refractivity contribution < 1.29 is 14.0 Å². The first-order valence-corrected chi connectivity index (χ1v) is 7.19. The number of hydrogen-bond donors (Lipinski definition) is 2. The number of nitrogens with one attached hydrogen (secondary N) is 1. The fourth-order valence-corrected chi connectivity index (χ4v) is 1.77. The quantitative estimate of drug-likeness (QED) is 0.892. The van der Waals surface area contributed by atoms with Crippen LogP contribution in [0.1, 0.15) is 38.3 Å². The number of amides is 2. The summed E-state index contributed by atoms with van der Waals surface area (Å²) in [7, 11) is 0. The molecule has 0 radical (unpaired) electrons. The van der Waals surface area contributed by atoms with E-state index in [1.165, 1.54) is 0 Å². The second-order valence-electron chi connectivity index (χ2n) is 6.37. The average Bonchev–Trinajstić information content (AvgIpc) is 2.93. The summed E-state index contributed by atoms with van der Waals surface area (Å²) in [6, 6.07) is 6.32. The Morgan fingerprint density at radius 1 is 1.17 bits per heavy atom. The van der Waals surface area contributed by atoms with Crippen LogP contribution in [0.4, 0.5) is 0 Å². The Labute approximate surface area is 134 Å². The molecule has 1 aromatic carbocycles. The minimum absolute atomic E-state index is 0.0364. The van der Waals surface area contributed by atoms with Crippen LogP contribution >= 0.6 is 0 Å². The number of nitrogens with zero attached hydrogens (tertiary/aromatic N) is 2. The van der Waals surface area contributed by atoms with Gasteiger partial charge in [-0.2, -0.15) is 0 Å². The van der Waals surface area contributed by atoms with Gasteiger partial charge in [-0.3, -0.25) is 9.59 Å². The zero-order valence-electron chi connectivity index (χ0n) is 13.6. The highest BCUT2D eigenvalue weighted by Gasteiger charge is 2.31. The van der Waals surface area contributed by atoms with Gasteiger partial charge in [-0.1, -0.05) is 38.5 Å².